The van der Waals surface area contributed by atoms with Crippen molar-refractivity contribution in [3.63, 3.8) is 0 Å². The summed E-state index contributed by atoms with van der Waals surface area (Å²) in [6.07, 6.45) is 8.18. The van der Waals surface area contributed by atoms with Gasteiger partial charge in [0.1, 0.15) is 18.1 Å². The molecule has 3 N–H and O–H groups in total. The van der Waals surface area contributed by atoms with Crippen molar-refractivity contribution in [2.24, 2.45) is 5.73 Å². The van der Waals surface area contributed by atoms with Gasteiger partial charge in [0.25, 0.3) is 0 Å². The predicted molar refractivity (Wildman–Crippen MR) is 133 cm³/mol. The largest absolute Gasteiger partial charge is 0.490 e. The van der Waals surface area contributed by atoms with Crippen LogP contribution in [0.4, 0.5) is 0 Å². The number of nitrogens with zero attached hydrogens (tertiary/aromatic N) is 2. The van der Waals surface area contributed by atoms with Gasteiger partial charge in [0.15, 0.2) is 0 Å². The molecule has 0 unspecified atom stereocenters. The van der Waals surface area contributed by atoms with E-state index in [1.165, 1.54) is 10.9 Å². The van der Waals surface area contributed by atoms with Crippen LogP contribution in [0.3, 0.4) is 0 Å². The Morgan fingerprint density at radius 2 is 1.91 bits per heavy atom. The summed E-state index contributed by atoms with van der Waals surface area (Å²) in [5.41, 5.74) is 11.5. The standard InChI is InChI=1S/C28H24N4O/c1-2-5-25-12-21-10-19(8-9-20(21)15-31-25)22-13-26(17-30-14-22)33-18-24(29)11-23-16-32-28-7-4-3-6-27(23)28/h3-4,6-10,12-17,24,32H,11,18,29H2,1H3/t24-/m0/s1. The first kappa shape index (κ1) is 20.7. The number of hydrogen-bond donors (Lipinski definition) is 2. The highest BCUT2D eigenvalue weighted by molar-refractivity contribution is 5.87. The number of ether oxygens (including phenoxy) is 1. The zero-order valence-electron chi connectivity index (χ0n) is 18.4. The number of para-hydroxylation sites is 1. The fraction of sp³-hybridized carbons (Fsp3) is 0.143. The van der Waals surface area contributed by atoms with Crippen LogP contribution in [0.1, 0.15) is 18.2 Å². The van der Waals surface area contributed by atoms with E-state index in [9.17, 15) is 0 Å². The van der Waals surface area contributed by atoms with E-state index in [-0.39, 0.29) is 6.04 Å². The zero-order valence-corrected chi connectivity index (χ0v) is 18.4. The van der Waals surface area contributed by atoms with Crippen LogP contribution in [-0.4, -0.2) is 27.6 Å². The molecule has 162 valence electrons. The minimum atomic E-state index is -0.126. The molecule has 5 rings (SSSR count). The Labute approximate surface area is 192 Å². The van der Waals surface area contributed by atoms with Crippen LogP contribution in [0.25, 0.3) is 32.8 Å². The number of aromatic nitrogens is 3. The maximum absolute atomic E-state index is 6.38. The first-order chi connectivity index (χ1) is 16.2. The average Bonchev–Trinajstić information content (AvgIpc) is 3.25. The highest BCUT2D eigenvalue weighted by Crippen LogP contribution is 2.27. The van der Waals surface area contributed by atoms with Gasteiger partial charge in [-0.1, -0.05) is 36.3 Å². The summed E-state index contributed by atoms with van der Waals surface area (Å²) < 4.78 is 6.00. The smallest absolute Gasteiger partial charge is 0.138 e. The summed E-state index contributed by atoms with van der Waals surface area (Å²) in [5, 5.41) is 3.37. The van der Waals surface area contributed by atoms with Crippen LogP contribution in [0, 0.1) is 11.8 Å². The van der Waals surface area contributed by atoms with Crippen LogP contribution in [0.5, 0.6) is 5.75 Å². The first-order valence-electron chi connectivity index (χ1n) is 10.9. The Kier molecular flexibility index (Phi) is 5.75. The van der Waals surface area contributed by atoms with Gasteiger partial charge in [0.05, 0.1) is 6.20 Å². The molecule has 5 aromatic rings. The molecule has 5 nitrogen and oxygen atoms in total. The molecular formula is C28H24N4O. The second-order valence-corrected chi connectivity index (χ2v) is 8.05. The average molecular weight is 433 g/mol. The monoisotopic (exact) mass is 432 g/mol. The van der Waals surface area contributed by atoms with Crippen LogP contribution >= 0.6 is 0 Å². The molecule has 0 amide bonds. The molecule has 0 aliphatic carbocycles. The molecule has 0 fully saturated rings. The quantitative estimate of drug-likeness (QED) is 0.366. The molecule has 0 saturated carbocycles. The molecule has 0 saturated heterocycles. The molecule has 0 aliphatic rings. The molecular weight excluding hydrogens is 408 g/mol. The number of benzene rings is 2. The minimum Gasteiger partial charge on any atom is -0.490 e. The number of fused-ring (bicyclic) bond motifs is 2. The molecule has 0 bridgehead atoms. The van der Waals surface area contributed by atoms with Gasteiger partial charge in [0, 0.05) is 46.5 Å². The van der Waals surface area contributed by atoms with E-state index >= 15 is 0 Å². The lowest BCUT2D eigenvalue weighted by atomic mass is 10.0. The lowest BCUT2D eigenvalue weighted by Crippen LogP contribution is -2.30. The third-order valence-corrected chi connectivity index (χ3v) is 5.64. The molecule has 2 aromatic carbocycles. The maximum Gasteiger partial charge on any atom is 0.138 e. The van der Waals surface area contributed by atoms with Gasteiger partial charge in [-0.25, -0.2) is 4.98 Å². The highest BCUT2D eigenvalue weighted by Gasteiger charge is 2.10. The highest BCUT2D eigenvalue weighted by atomic mass is 16.5. The Hall–Kier alpha value is -4.14. The van der Waals surface area contributed by atoms with Gasteiger partial charge in [-0.15, -0.1) is 0 Å². The third kappa shape index (κ3) is 4.57. The number of nitrogens with one attached hydrogen (secondary N) is 1. The zero-order chi connectivity index (χ0) is 22.6. The Morgan fingerprint density at radius 1 is 1.00 bits per heavy atom. The van der Waals surface area contributed by atoms with Crippen molar-refractivity contribution < 1.29 is 4.74 Å². The summed E-state index contributed by atoms with van der Waals surface area (Å²) in [6.45, 7) is 2.22. The van der Waals surface area contributed by atoms with Crippen LogP contribution in [0.2, 0.25) is 0 Å². The normalized spacial score (nSPS) is 11.8. The predicted octanol–water partition coefficient (Wildman–Crippen LogP) is 5.10. The van der Waals surface area contributed by atoms with Crippen LogP contribution < -0.4 is 10.5 Å². The van der Waals surface area contributed by atoms with E-state index in [1.54, 1.807) is 6.20 Å². The second-order valence-electron chi connectivity index (χ2n) is 8.05. The summed E-state index contributed by atoms with van der Waals surface area (Å²) in [6, 6.07) is 18.4. The molecule has 3 aromatic heterocycles. The lowest BCUT2D eigenvalue weighted by molar-refractivity contribution is 0.287. The number of hydrogen-bond acceptors (Lipinski definition) is 4. The van der Waals surface area contributed by atoms with Gasteiger partial charge in [-0.3, -0.25) is 4.98 Å². The van der Waals surface area contributed by atoms with Crippen molar-refractivity contribution in [2.45, 2.75) is 19.4 Å². The fourth-order valence-electron chi connectivity index (χ4n) is 4.02. The first-order valence-corrected chi connectivity index (χ1v) is 10.9. The van der Waals surface area contributed by atoms with E-state index in [2.05, 4.69) is 57.1 Å². The minimum absolute atomic E-state index is 0.126. The topological polar surface area (TPSA) is 76.8 Å². The van der Waals surface area contributed by atoms with Crippen molar-refractivity contribution in [1.29, 1.82) is 0 Å². The number of pyridine rings is 2. The van der Waals surface area contributed by atoms with Crippen LogP contribution in [0.15, 0.2) is 79.4 Å². The number of nitrogens with two attached hydrogens (primary N) is 1. The molecule has 33 heavy (non-hydrogen) atoms. The molecule has 0 spiro atoms. The van der Waals surface area contributed by atoms with Crippen molar-refractivity contribution in [3.05, 3.63) is 90.6 Å². The van der Waals surface area contributed by atoms with Gasteiger partial charge in [-0.05, 0) is 60.0 Å². The van der Waals surface area contributed by atoms with Crippen LogP contribution in [-0.2, 0) is 6.42 Å². The number of H-pyrrole nitrogens is 1. The van der Waals surface area contributed by atoms with Crippen molar-refractivity contribution in [3.8, 4) is 28.7 Å². The number of aromatic amines is 1. The van der Waals surface area contributed by atoms with E-state index in [0.29, 0.717) is 12.4 Å². The SMILES string of the molecule is CC#Cc1cc2cc(-c3cncc(OC[C@@H](N)Cc4c[nH]c5ccccc45)c3)ccc2cn1. The Morgan fingerprint density at radius 3 is 2.82 bits per heavy atom. The van der Waals surface area contributed by atoms with E-state index in [0.717, 1.165) is 39.5 Å². The Balaban J connectivity index is 1.30. The molecule has 0 radical (unpaired) electrons. The molecule has 0 aliphatic heterocycles. The van der Waals surface area contributed by atoms with Crippen molar-refractivity contribution in [2.75, 3.05) is 6.61 Å². The second kappa shape index (κ2) is 9.15. The summed E-state index contributed by atoms with van der Waals surface area (Å²) >= 11 is 0. The maximum atomic E-state index is 6.38. The van der Waals surface area contributed by atoms with Crippen molar-refractivity contribution >= 4 is 21.7 Å². The number of rotatable bonds is 6. The Bertz CT molecular complexity index is 1490. The van der Waals surface area contributed by atoms with Gasteiger partial charge >= 0.3 is 0 Å². The van der Waals surface area contributed by atoms with E-state index < -0.39 is 0 Å². The van der Waals surface area contributed by atoms with Gasteiger partial charge in [-0.2, -0.15) is 0 Å². The van der Waals surface area contributed by atoms with E-state index in [1.807, 2.05) is 49.8 Å². The molecule has 5 heteroatoms. The third-order valence-electron chi connectivity index (χ3n) is 5.64. The van der Waals surface area contributed by atoms with Gasteiger partial charge < -0.3 is 15.5 Å². The summed E-state index contributed by atoms with van der Waals surface area (Å²) in [5.74, 6) is 6.61. The fourth-order valence-corrected chi connectivity index (χ4v) is 4.02. The molecule has 3 heterocycles. The van der Waals surface area contributed by atoms with Gasteiger partial charge in [0.2, 0.25) is 0 Å². The van der Waals surface area contributed by atoms with Crippen molar-refractivity contribution in [1.82, 2.24) is 15.0 Å². The summed E-state index contributed by atoms with van der Waals surface area (Å²) in [7, 11) is 0. The molecule has 1 atom stereocenters. The van der Waals surface area contributed by atoms with E-state index in [4.69, 9.17) is 10.5 Å². The lowest BCUT2D eigenvalue weighted by Gasteiger charge is -2.13. The summed E-state index contributed by atoms with van der Waals surface area (Å²) in [4.78, 5) is 12.1.